The largest absolute Gasteiger partial charge is 0.464 e. The molecule has 1 aliphatic rings. The van der Waals surface area contributed by atoms with Gasteiger partial charge in [0.05, 0.1) is 12.5 Å². The average molecular weight is 327 g/mol. The lowest BCUT2D eigenvalue weighted by molar-refractivity contribution is -0.148. The van der Waals surface area contributed by atoms with E-state index >= 15 is 0 Å². The van der Waals surface area contributed by atoms with Crippen molar-refractivity contribution in [2.24, 2.45) is 0 Å². The number of piperidine rings is 1. The lowest BCUT2D eigenvalue weighted by Crippen LogP contribution is -2.62. The fourth-order valence-corrected chi connectivity index (χ4v) is 3.74. The zero-order chi connectivity index (χ0) is 17.7. The van der Waals surface area contributed by atoms with Crippen LogP contribution in [-0.4, -0.2) is 54.1 Å². The van der Waals surface area contributed by atoms with Crippen molar-refractivity contribution in [2.45, 2.75) is 83.9 Å². The summed E-state index contributed by atoms with van der Waals surface area (Å²) >= 11 is 0. The normalized spacial score (nSPS) is 21.1. The topological polar surface area (TPSA) is 55.8 Å². The molecule has 1 aliphatic heterocycles. The fraction of sp³-hybridized carbons (Fsp3) is 0.889. The third kappa shape index (κ3) is 5.88. The van der Waals surface area contributed by atoms with Crippen molar-refractivity contribution in [1.29, 1.82) is 0 Å². The number of hydrogen-bond donors (Lipinski definition) is 0. The molecular weight excluding hydrogens is 294 g/mol. The average Bonchev–Trinajstić information content (AvgIpc) is 2.46. The number of likely N-dealkylation sites (tertiary alicyclic amines) is 1. The Morgan fingerprint density at radius 3 is 2.13 bits per heavy atom. The molecule has 0 spiro atoms. The molecule has 0 bridgehead atoms. The Morgan fingerprint density at radius 1 is 1.09 bits per heavy atom. The molecule has 0 unspecified atom stereocenters. The first kappa shape index (κ1) is 20.1. The van der Waals surface area contributed by atoms with Crippen molar-refractivity contribution < 1.29 is 19.1 Å². The van der Waals surface area contributed by atoms with Gasteiger partial charge in [0.2, 0.25) is 0 Å². The van der Waals surface area contributed by atoms with Gasteiger partial charge in [-0.2, -0.15) is 0 Å². The quantitative estimate of drug-likeness (QED) is 0.642. The molecule has 0 radical (unpaired) electrons. The van der Waals surface area contributed by atoms with E-state index in [0.717, 1.165) is 12.8 Å². The molecule has 0 aromatic rings. The maximum absolute atomic E-state index is 11.7. The Balaban J connectivity index is 2.49. The Hall–Kier alpha value is -0.940. The highest BCUT2D eigenvalue weighted by molar-refractivity contribution is 5.82. The summed E-state index contributed by atoms with van der Waals surface area (Å²) in [6.07, 6.45) is 3.14. The van der Waals surface area contributed by atoms with E-state index in [1.807, 2.05) is 6.92 Å². The van der Waals surface area contributed by atoms with Crippen LogP contribution in [0.5, 0.6) is 0 Å². The van der Waals surface area contributed by atoms with Crippen LogP contribution in [-0.2, 0) is 19.1 Å². The van der Waals surface area contributed by atoms with E-state index in [4.69, 9.17) is 9.47 Å². The first-order chi connectivity index (χ1) is 10.6. The van der Waals surface area contributed by atoms with Gasteiger partial charge in [0, 0.05) is 37.6 Å². The molecule has 23 heavy (non-hydrogen) atoms. The zero-order valence-corrected chi connectivity index (χ0v) is 15.6. The molecule has 1 rings (SSSR count). The van der Waals surface area contributed by atoms with Crippen LogP contribution < -0.4 is 0 Å². The zero-order valence-electron chi connectivity index (χ0n) is 15.6. The number of Topliss-reactive ketones (excluding diaryl/α,β-unsaturated/α-hetero) is 1. The predicted molar refractivity (Wildman–Crippen MR) is 90.4 cm³/mol. The number of hydrogen-bond acceptors (Lipinski definition) is 5. The van der Waals surface area contributed by atoms with Crippen molar-refractivity contribution >= 4 is 11.8 Å². The predicted octanol–water partition coefficient (Wildman–Crippen LogP) is 2.96. The van der Waals surface area contributed by atoms with Crippen molar-refractivity contribution in [2.75, 3.05) is 20.3 Å². The first-order valence-corrected chi connectivity index (χ1v) is 8.60. The third-order valence-corrected chi connectivity index (χ3v) is 4.83. The number of esters is 1. The van der Waals surface area contributed by atoms with Gasteiger partial charge in [-0.1, -0.05) is 6.92 Å². The second-order valence-corrected chi connectivity index (χ2v) is 7.66. The van der Waals surface area contributed by atoms with E-state index in [9.17, 15) is 9.59 Å². The summed E-state index contributed by atoms with van der Waals surface area (Å²) in [5.74, 6) is -0.181. The van der Waals surface area contributed by atoms with E-state index in [-0.39, 0.29) is 41.8 Å². The minimum Gasteiger partial charge on any atom is -0.464 e. The molecule has 0 aromatic heterocycles. The lowest BCUT2D eigenvalue weighted by Gasteiger charge is -2.55. The third-order valence-electron chi connectivity index (χ3n) is 4.83. The molecule has 5 nitrogen and oxygen atoms in total. The second-order valence-electron chi connectivity index (χ2n) is 7.66. The molecule has 134 valence electrons. The SMILES string of the molecule is CCC(=O)CCC(=O)OCCN1C(C)(C)CC(OC)CC1(C)C. The summed E-state index contributed by atoms with van der Waals surface area (Å²) in [5, 5.41) is 0. The van der Waals surface area contributed by atoms with Crippen LogP contribution in [0.1, 0.15) is 66.7 Å². The van der Waals surface area contributed by atoms with E-state index in [2.05, 4.69) is 32.6 Å². The fourth-order valence-electron chi connectivity index (χ4n) is 3.74. The standard InChI is InChI=1S/C18H33NO4/c1-7-14(20)8-9-16(21)23-11-10-19-17(2,3)12-15(22-6)13-18(19,4)5/h15H,7-13H2,1-6H3. The number of ether oxygens (including phenoxy) is 2. The van der Waals surface area contributed by atoms with Gasteiger partial charge in [0.15, 0.2) is 0 Å². The van der Waals surface area contributed by atoms with Crippen molar-refractivity contribution in [1.82, 2.24) is 4.90 Å². The molecule has 0 aliphatic carbocycles. The van der Waals surface area contributed by atoms with Crippen LogP contribution in [0.4, 0.5) is 0 Å². The van der Waals surface area contributed by atoms with Gasteiger partial charge < -0.3 is 9.47 Å². The van der Waals surface area contributed by atoms with Crippen LogP contribution in [0, 0.1) is 0 Å². The van der Waals surface area contributed by atoms with Gasteiger partial charge >= 0.3 is 5.97 Å². The Bertz CT molecular complexity index is 399. The Kier molecular flexibility index (Phi) is 7.21. The van der Waals surface area contributed by atoms with Gasteiger partial charge in [-0.15, -0.1) is 0 Å². The summed E-state index contributed by atoms with van der Waals surface area (Å²) in [6, 6.07) is 0. The maximum Gasteiger partial charge on any atom is 0.306 e. The van der Waals surface area contributed by atoms with Crippen LogP contribution in [0.2, 0.25) is 0 Å². The van der Waals surface area contributed by atoms with Gasteiger partial charge in [-0.25, -0.2) is 0 Å². The summed E-state index contributed by atoms with van der Waals surface area (Å²) in [7, 11) is 1.77. The second kappa shape index (κ2) is 8.25. The Morgan fingerprint density at radius 2 is 1.65 bits per heavy atom. The number of methoxy groups -OCH3 is 1. The van der Waals surface area contributed by atoms with Gasteiger partial charge in [-0.05, 0) is 40.5 Å². The van der Waals surface area contributed by atoms with Gasteiger partial charge in [0.25, 0.3) is 0 Å². The van der Waals surface area contributed by atoms with Crippen molar-refractivity contribution in [3.05, 3.63) is 0 Å². The van der Waals surface area contributed by atoms with Crippen molar-refractivity contribution in [3.8, 4) is 0 Å². The maximum atomic E-state index is 11.7. The molecule has 1 heterocycles. The van der Waals surface area contributed by atoms with Crippen LogP contribution in [0.15, 0.2) is 0 Å². The molecular formula is C18H33NO4. The highest BCUT2D eigenvalue weighted by atomic mass is 16.5. The first-order valence-electron chi connectivity index (χ1n) is 8.60. The van der Waals surface area contributed by atoms with E-state index < -0.39 is 0 Å². The molecule has 0 N–H and O–H groups in total. The van der Waals surface area contributed by atoms with Gasteiger partial charge in [0.1, 0.15) is 12.4 Å². The minimum absolute atomic E-state index is 0.00693. The van der Waals surface area contributed by atoms with Crippen LogP contribution in [0.3, 0.4) is 0 Å². The van der Waals surface area contributed by atoms with Gasteiger partial charge in [-0.3, -0.25) is 14.5 Å². The van der Waals surface area contributed by atoms with E-state index in [1.165, 1.54) is 0 Å². The van der Waals surface area contributed by atoms with Crippen LogP contribution >= 0.6 is 0 Å². The molecule has 5 heteroatoms. The van der Waals surface area contributed by atoms with E-state index in [0.29, 0.717) is 19.6 Å². The van der Waals surface area contributed by atoms with Crippen molar-refractivity contribution in [3.63, 3.8) is 0 Å². The Labute approximate surface area is 140 Å². The van der Waals surface area contributed by atoms with Crippen LogP contribution in [0.25, 0.3) is 0 Å². The molecule has 0 atom stereocenters. The molecule has 1 fully saturated rings. The highest BCUT2D eigenvalue weighted by Crippen LogP contribution is 2.39. The number of rotatable bonds is 8. The number of carbonyl (C=O) groups is 2. The minimum atomic E-state index is -0.283. The monoisotopic (exact) mass is 327 g/mol. The lowest BCUT2D eigenvalue weighted by atomic mass is 9.78. The molecule has 1 saturated heterocycles. The van der Waals surface area contributed by atoms with E-state index in [1.54, 1.807) is 7.11 Å². The smallest absolute Gasteiger partial charge is 0.306 e. The summed E-state index contributed by atoms with van der Waals surface area (Å²) in [6.45, 7) is 11.7. The summed E-state index contributed by atoms with van der Waals surface area (Å²) < 4.78 is 10.9. The molecule has 0 saturated carbocycles. The summed E-state index contributed by atoms with van der Waals surface area (Å²) in [5.41, 5.74) is -0.0139. The molecule has 0 amide bonds. The highest BCUT2D eigenvalue weighted by Gasteiger charge is 2.45. The molecule has 0 aromatic carbocycles. The number of carbonyl (C=O) groups excluding carboxylic acids is 2. The number of ketones is 1. The summed E-state index contributed by atoms with van der Waals surface area (Å²) in [4.78, 5) is 25.4. The number of nitrogens with zero attached hydrogens (tertiary/aromatic N) is 1.